The predicted octanol–water partition coefficient (Wildman–Crippen LogP) is 2.48. The van der Waals surface area contributed by atoms with Crippen LogP contribution < -0.4 is 20.3 Å². The van der Waals surface area contributed by atoms with Gasteiger partial charge in [0.2, 0.25) is 5.91 Å². The Hall–Kier alpha value is -1.31. The number of rotatable bonds is 5. The van der Waals surface area contributed by atoms with Gasteiger partial charge in [-0.3, -0.25) is 10.1 Å². The van der Waals surface area contributed by atoms with E-state index in [0.717, 1.165) is 30.9 Å². The Morgan fingerprint density at radius 2 is 2.12 bits per heavy atom. The van der Waals surface area contributed by atoms with Gasteiger partial charge in [-0.05, 0) is 24.5 Å². The zero-order valence-electron chi connectivity index (χ0n) is 14.5. The third-order valence-corrected chi connectivity index (χ3v) is 4.70. The van der Waals surface area contributed by atoms with E-state index >= 15 is 0 Å². The molecule has 2 aliphatic rings. The van der Waals surface area contributed by atoms with Crippen LogP contribution in [0.15, 0.2) is 24.3 Å². The topological polar surface area (TPSA) is 53.6 Å². The average molecular weight is 412 g/mol. The van der Waals surface area contributed by atoms with Gasteiger partial charge in [0.25, 0.3) is 5.92 Å². The summed E-state index contributed by atoms with van der Waals surface area (Å²) in [6.07, 6.45) is 0.531. The molecule has 2 atom stereocenters. The second kappa shape index (κ2) is 9.58. The predicted molar refractivity (Wildman–Crippen MR) is 102 cm³/mol. The normalized spacial score (nSPS) is 23.7. The van der Waals surface area contributed by atoms with E-state index in [1.165, 1.54) is 0 Å². The molecular weight excluding hydrogens is 387 g/mol. The number of methoxy groups -OCH3 is 1. The molecule has 26 heavy (non-hydrogen) atoms. The van der Waals surface area contributed by atoms with E-state index in [0.29, 0.717) is 12.5 Å². The number of alkyl halides is 2. The molecule has 2 N–H and O–H groups in total. The molecule has 1 aromatic carbocycles. The van der Waals surface area contributed by atoms with Crippen molar-refractivity contribution in [1.82, 2.24) is 10.6 Å². The van der Waals surface area contributed by atoms with Crippen LogP contribution in [0.1, 0.15) is 12.8 Å². The molecule has 0 aliphatic carbocycles. The molecule has 0 aromatic heterocycles. The van der Waals surface area contributed by atoms with Gasteiger partial charge in [0.05, 0.1) is 25.4 Å². The maximum atomic E-state index is 13.1. The van der Waals surface area contributed by atoms with Gasteiger partial charge in [0, 0.05) is 26.1 Å². The van der Waals surface area contributed by atoms with Crippen molar-refractivity contribution < 1.29 is 18.3 Å². The molecule has 2 saturated heterocycles. The Balaban J connectivity index is 0.00000169. The van der Waals surface area contributed by atoms with Gasteiger partial charge >= 0.3 is 0 Å². The molecule has 2 aliphatic heterocycles. The minimum absolute atomic E-state index is 0. The van der Waals surface area contributed by atoms with Crippen molar-refractivity contribution in [3.05, 3.63) is 24.3 Å². The number of carbonyl (C=O) groups excluding carboxylic acids is 1. The summed E-state index contributed by atoms with van der Waals surface area (Å²) in [4.78, 5) is 14.2. The summed E-state index contributed by atoms with van der Waals surface area (Å²) in [5.74, 6) is -1.97. The van der Waals surface area contributed by atoms with Crippen LogP contribution in [0.4, 0.5) is 14.5 Å². The fourth-order valence-electron chi connectivity index (χ4n) is 3.38. The number of benzene rings is 1. The quantitative estimate of drug-likeness (QED) is 0.781. The number of carbonyl (C=O) groups is 1. The maximum Gasteiger partial charge on any atom is 0.262 e. The Labute approximate surface area is 164 Å². The number of amides is 1. The average Bonchev–Trinajstić information content (AvgIpc) is 3.19. The van der Waals surface area contributed by atoms with Gasteiger partial charge < -0.3 is 15.0 Å². The van der Waals surface area contributed by atoms with Crippen LogP contribution in [0, 0.1) is 5.92 Å². The number of halogens is 4. The maximum absolute atomic E-state index is 13.1. The summed E-state index contributed by atoms with van der Waals surface area (Å²) in [5, 5.41) is 5.39. The first-order valence-corrected chi connectivity index (χ1v) is 8.25. The monoisotopic (exact) mass is 411 g/mol. The summed E-state index contributed by atoms with van der Waals surface area (Å²) in [5.41, 5.74) is 1.05. The van der Waals surface area contributed by atoms with E-state index in [2.05, 4.69) is 15.5 Å². The van der Waals surface area contributed by atoms with E-state index in [-0.39, 0.29) is 30.7 Å². The van der Waals surface area contributed by atoms with Crippen LogP contribution in [0.5, 0.6) is 5.75 Å². The van der Waals surface area contributed by atoms with Crippen molar-refractivity contribution in [2.75, 3.05) is 38.2 Å². The first kappa shape index (κ1) is 22.7. The number of ether oxygens (including phenoxy) is 1. The SMILES string of the molecule is COc1ccccc1N1CCC(CNC(=O)C2CC(F)(F)CN2)C1.Cl.Cl. The lowest BCUT2D eigenvalue weighted by atomic mass is 10.1. The highest BCUT2D eigenvalue weighted by atomic mass is 35.5. The summed E-state index contributed by atoms with van der Waals surface area (Å²) >= 11 is 0. The number of anilines is 1. The molecule has 0 spiro atoms. The molecular formula is C17H25Cl2F2N3O2. The van der Waals surface area contributed by atoms with Gasteiger partial charge in [-0.1, -0.05) is 12.1 Å². The smallest absolute Gasteiger partial charge is 0.262 e. The second-order valence-corrected chi connectivity index (χ2v) is 6.51. The number of hydrogen-bond donors (Lipinski definition) is 2. The fraction of sp³-hybridized carbons (Fsp3) is 0.588. The van der Waals surface area contributed by atoms with Gasteiger partial charge in [0.15, 0.2) is 0 Å². The zero-order chi connectivity index (χ0) is 17.2. The molecule has 3 rings (SSSR count). The van der Waals surface area contributed by atoms with Crippen LogP contribution in [0.25, 0.3) is 0 Å². The molecule has 0 bridgehead atoms. The highest BCUT2D eigenvalue weighted by Gasteiger charge is 2.42. The van der Waals surface area contributed by atoms with Crippen molar-refractivity contribution in [3.63, 3.8) is 0 Å². The van der Waals surface area contributed by atoms with Crippen LogP contribution in [-0.4, -0.2) is 51.2 Å². The first-order valence-electron chi connectivity index (χ1n) is 8.25. The van der Waals surface area contributed by atoms with Crippen molar-refractivity contribution in [3.8, 4) is 5.75 Å². The van der Waals surface area contributed by atoms with Gasteiger partial charge in [-0.2, -0.15) is 0 Å². The molecule has 0 saturated carbocycles. The summed E-state index contributed by atoms with van der Waals surface area (Å²) < 4.78 is 31.7. The third kappa shape index (κ3) is 5.34. The molecule has 9 heteroatoms. The molecule has 2 unspecified atom stereocenters. The molecule has 2 heterocycles. The van der Waals surface area contributed by atoms with Crippen molar-refractivity contribution in [1.29, 1.82) is 0 Å². The second-order valence-electron chi connectivity index (χ2n) is 6.51. The summed E-state index contributed by atoms with van der Waals surface area (Å²) in [6.45, 7) is 1.79. The molecule has 1 aromatic rings. The van der Waals surface area contributed by atoms with E-state index in [1.54, 1.807) is 7.11 Å². The van der Waals surface area contributed by atoms with E-state index in [4.69, 9.17) is 4.74 Å². The number of nitrogens with zero attached hydrogens (tertiary/aromatic N) is 1. The van der Waals surface area contributed by atoms with Gasteiger partial charge in [-0.15, -0.1) is 24.8 Å². The molecule has 5 nitrogen and oxygen atoms in total. The molecule has 1 amide bonds. The third-order valence-electron chi connectivity index (χ3n) is 4.70. The molecule has 0 radical (unpaired) electrons. The fourth-order valence-corrected chi connectivity index (χ4v) is 3.38. The standard InChI is InChI=1S/C17H23F2N3O2.2ClH/c1-24-15-5-3-2-4-14(15)22-7-6-12(10-22)9-20-16(23)13-8-17(18,19)11-21-13;;/h2-5,12-13,21H,6-11H2,1H3,(H,20,23);2*1H. The molecule has 148 valence electrons. The van der Waals surface area contributed by atoms with E-state index in [9.17, 15) is 13.6 Å². The Bertz CT molecular complexity index is 607. The number of hydrogen-bond acceptors (Lipinski definition) is 4. The molecule has 2 fully saturated rings. The lowest BCUT2D eigenvalue weighted by Gasteiger charge is -2.21. The van der Waals surface area contributed by atoms with Crippen molar-refractivity contribution in [2.24, 2.45) is 5.92 Å². The van der Waals surface area contributed by atoms with Crippen LogP contribution >= 0.6 is 24.8 Å². The summed E-state index contributed by atoms with van der Waals surface area (Å²) in [6, 6.07) is 7.06. The Morgan fingerprint density at radius 3 is 2.77 bits per heavy atom. The van der Waals surface area contributed by atoms with Crippen LogP contribution in [0.3, 0.4) is 0 Å². The van der Waals surface area contributed by atoms with Crippen molar-refractivity contribution >= 4 is 36.4 Å². The number of nitrogens with one attached hydrogen (secondary N) is 2. The van der Waals surface area contributed by atoms with Gasteiger partial charge in [-0.25, -0.2) is 8.78 Å². The Morgan fingerprint density at radius 1 is 1.38 bits per heavy atom. The minimum atomic E-state index is -2.78. The van der Waals surface area contributed by atoms with Gasteiger partial charge in [0.1, 0.15) is 5.75 Å². The zero-order valence-corrected chi connectivity index (χ0v) is 16.2. The van der Waals surface area contributed by atoms with Crippen LogP contribution in [0.2, 0.25) is 0 Å². The van der Waals surface area contributed by atoms with Crippen LogP contribution in [-0.2, 0) is 4.79 Å². The Kier molecular flexibility index (Phi) is 8.37. The lowest BCUT2D eigenvalue weighted by Crippen LogP contribution is -2.42. The highest BCUT2D eigenvalue weighted by molar-refractivity contribution is 5.85. The van der Waals surface area contributed by atoms with Crippen molar-refractivity contribution in [2.45, 2.75) is 24.8 Å². The highest BCUT2D eigenvalue weighted by Crippen LogP contribution is 2.31. The number of para-hydroxylation sites is 2. The van der Waals surface area contributed by atoms with E-state index in [1.807, 2.05) is 24.3 Å². The minimum Gasteiger partial charge on any atom is -0.495 e. The lowest BCUT2D eigenvalue weighted by molar-refractivity contribution is -0.123. The van der Waals surface area contributed by atoms with E-state index < -0.39 is 24.9 Å². The first-order chi connectivity index (χ1) is 11.5. The largest absolute Gasteiger partial charge is 0.495 e. The summed E-state index contributed by atoms with van der Waals surface area (Å²) in [7, 11) is 1.65.